The van der Waals surface area contributed by atoms with Gasteiger partial charge >= 0.3 is 6.18 Å². The number of methoxy groups -OCH3 is 1. The molecule has 2 fully saturated rings. The Morgan fingerprint density at radius 3 is 2.71 bits per heavy atom. The lowest BCUT2D eigenvalue weighted by Gasteiger charge is -2.43. The van der Waals surface area contributed by atoms with Gasteiger partial charge in [0.15, 0.2) is 0 Å². The maximum absolute atomic E-state index is 13.5. The molecule has 1 amide bonds. The van der Waals surface area contributed by atoms with Crippen LogP contribution in [-0.2, 0) is 22.1 Å². The van der Waals surface area contributed by atoms with E-state index in [1.54, 1.807) is 25.3 Å². The molecular weight excluding hydrogens is 467 g/mol. The van der Waals surface area contributed by atoms with Gasteiger partial charge in [0, 0.05) is 55.3 Å². The Morgan fingerprint density at radius 2 is 2.03 bits per heavy atom. The van der Waals surface area contributed by atoms with Crippen LogP contribution in [0.1, 0.15) is 23.1 Å². The summed E-state index contributed by atoms with van der Waals surface area (Å²) >= 11 is 6.22. The minimum absolute atomic E-state index is 0.0182. The van der Waals surface area contributed by atoms with E-state index in [2.05, 4.69) is 0 Å². The average Bonchev–Trinajstić information content (AvgIpc) is 3.18. The Hall–Kier alpha value is -2.76. The van der Waals surface area contributed by atoms with E-state index < -0.39 is 17.3 Å². The summed E-state index contributed by atoms with van der Waals surface area (Å²) < 4.78 is 46.0. The lowest BCUT2D eigenvalue weighted by atomic mass is 9.73. The number of carbonyl (C=O) groups is 1. The fraction of sp³-hybridized carbons (Fsp3) is 0.440. The zero-order valence-electron chi connectivity index (χ0n) is 18.7. The van der Waals surface area contributed by atoms with Crippen molar-refractivity contribution in [3.05, 3.63) is 64.2 Å². The van der Waals surface area contributed by atoms with E-state index in [9.17, 15) is 18.0 Å². The number of rotatable bonds is 5. The monoisotopic (exact) mass is 491 g/mol. The number of likely N-dealkylation sites (tertiary alicyclic amines) is 1. The quantitative estimate of drug-likeness (QED) is 0.604. The van der Waals surface area contributed by atoms with Gasteiger partial charge in [0.1, 0.15) is 0 Å². The molecule has 2 atom stereocenters. The van der Waals surface area contributed by atoms with E-state index in [4.69, 9.17) is 21.6 Å². The first kappa shape index (κ1) is 24.4. The fourth-order valence-electron chi connectivity index (χ4n) is 5.21. The van der Waals surface area contributed by atoms with Crippen LogP contribution in [0.3, 0.4) is 0 Å². The molecule has 0 radical (unpaired) electrons. The van der Waals surface area contributed by atoms with Gasteiger partial charge in [-0.05, 0) is 36.2 Å². The lowest BCUT2D eigenvalue weighted by molar-refractivity contribution is -0.138. The first-order valence-electron chi connectivity index (χ1n) is 11.0. The zero-order chi connectivity index (χ0) is 24.5. The van der Waals surface area contributed by atoms with Gasteiger partial charge in [-0.15, -0.1) is 0 Å². The molecule has 2 heterocycles. The number of alkyl halides is 3. The lowest BCUT2D eigenvalue weighted by Crippen LogP contribution is -2.51. The Bertz CT molecular complexity index is 1120. The Morgan fingerprint density at radius 1 is 1.26 bits per heavy atom. The standard InChI is InChI=1S/C25H25ClF3N3O2/c1-34-16-24-8-9-31(23(33)10-17-4-2-3-5-22(17)26)13-19(24)14-32(15-24)20-7-6-18(12-30)21(11-20)25(27,28)29/h2-7,11,19H,8-10,13-16H2,1H3/t19-,24+/m1/s1. The summed E-state index contributed by atoms with van der Waals surface area (Å²) in [5, 5.41) is 9.65. The number of fused-ring (bicyclic) bond motifs is 1. The number of piperidine rings is 1. The highest BCUT2D eigenvalue weighted by molar-refractivity contribution is 6.31. The Labute approximate surface area is 201 Å². The van der Waals surface area contributed by atoms with Crippen molar-refractivity contribution in [2.75, 3.05) is 44.8 Å². The van der Waals surface area contributed by atoms with E-state index in [-0.39, 0.29) is 23.7 Å². The second kappa shape index (κ2) is 9.47. The van der Waals surface area contributed by atoms with Crippen molar-refractivity contribution in [1.29, 1.82) is 5.26 Å². The van der Waals surface area contributed by atoms with Gasteiger partial charge in [0.05, 0.1) is 30.2 Å². The van der Waals surface area contributed by atoms with Gasteiger partial charge in [0.2, 0.25) is 5.91 Å². The molecule has 0 bridgehead atoms. The highest BCUT2D eigenvalue weighted by Crippen LogP contribution is 2.45. The second-order valence-electron chi connectivity index (χ2n) is 9.07. The molecular formula is C25H25ClF3N3O2. The van der Waals surface area contributed by atoms with Crippen molar-refractivity contribution in [3.63, 3.8) is 0 Å². The normalized spacial score (nSPS) is 22.4. The predicted octanol–water partition coefficient (Wildman–Crippen LogP) is 4.77. The minimum Gasteiger partial charge on any atom is -0.384 e. The summed E-state index contributed by atoms with van der Waals surface area (Å²) in [4.78, 5) is 16.8. The number of nitrogens with zero attached hydrogens (tertiary/aromatic N) is 3. The summed E-state index contributed by atoms with van der Waals surface area (Å²) in [7, 11) is 1.62. The molecule has 2 aliphatic rings. The molecule has 34 heavy (non-hydrogen) atoms. The number of anilines is 1. The number of amides is 1. The van der Waals surface area contributed by atoms with Gasteiger partial charge in [-0.2, -0.15) is 18.4 Å². The van der Waals surface area contributed by atoms with Crippen molar-refractivity contribution in [2.24, 2.45) is 11.3 Å². The number of ether oxygens (including phenoxy) is 1. The predicted molar refractivity (Wildman–Crippen MR) is 123 cm³/mol. The van der Waals surface area contributed by atoms with Gasteiger partial charge in [-0.3, -0.25) is 4.79 Å². The molecule has 0 saturated carbocycles. The maximum atomic E-state index is 13.5. The molecule has 0 N–H and O–H groups in total. The van der Waals surface area contributed by atoms with Crippen LogP contribution >= 0.6 is 11.6 Å². The van der Waals surface area contributed by atoms with Crippen molar-refractivity contribution >= 4 is 23.2 Å². The number of halogens is 4. The van der Waals surface area contributed by atoms with E-state index in [0.29, 0.717) is 49.9 Å². The van der Waals surface area contributed by atoms with Crippen LogP contribution < -0.4 is 4.90 Å². The molecule has 0 aromatic heterocycles. The summed E-state index contributed by atoms with van der Waals surface area (Å²) in [5.74, 6) is 0.0247. The van der Waals surface area contributed by atoms with E-state index >= 15 is 0 Å². The van der Waals surface area contributed by atoms with Crippen molar-refractivity contribution in [3.8, 4) is 6.07 Å². The van der Waals surface area contributed by atoms with Gasteiger partial charge in [-0.1, -0.05) is 29.8 Å². The van der Waals surface area contributed by atoms with Gasteiger partial charge < -0.3 is 14.5 Å². The molecule has 0 unspecified atom stereocenters. The molecule has 2 aromatic carbocycles. The third kappa shape index (κ3) is 4.73. The first-order chi connectivity index (χ1) is 16.2. The first-order valence-corrected chi connectivity index (χ1v) is 11.4. The van der Waals surface area contributed by atoms with Crippen LogP contribution in [-0.4, -0.2) is 50.7 Å². The topological polar surface area (TPSA) is 56.6 Å². The molecule has 0 spiro atoms. The van der Waals surface area contributed by atoms with Crippen LogP contribution in [0.15, 0.2) is 42.5 Å². The molecule has 4 rings (SSSR count). The van der Waals surface area contributed by atoms with Crippen LogP contribution in [0.5, 0.6) is 0 Å². The maximum Gasteiger partial charge on any atom is 0.417 e. The van der Waals surface area contributed by atoms with Crippen molar-refractivity contribution in [1.82, 2.24) is 4.90 Å². The second-order valence-corrected chi connectivity index (χ2v) is 9.48. The fourth-order valence-corrected chi connectivity index (χ4v) is 5.41. The Kier molecular flexibility index (Phi) is 6.79. The number of hydrogen-bond donors (Lipinski definition) is 0. The van der Waals surface area contributed by atoms with Crippen molar-refractivity contribution in [2.45, 2.75) is 19.0 Å². The van der Waals surface area contributed by atoms with Crippen LogP contribution in [0.2, 0.25) is 5.02 Å². The summed E-state index contributed by atoms with van der Waals surface area (Å²) in [6.07, 6.45) is -3.71. The zero-order valence-corrected chi connectivity index (χ0v) is 19.5. The van der Waals surface area contributed by atoms with Crippen LogP contribution in [0.4, 0.5) is 18.9 Å². The van der Waals surface area contributed by atoms with E-state index in [1.165, 1.54) is 6.07 Å². The molecule has 2 saturated heterocycles. The number of carbonyl (C=O) groups excluding carboxylic acids is 1. The molecule has 5 nitrogen and oxygen atoms in total. The largest absolute Gasteiger partial charge is 0.417 e. The molecule has 9 heteroatoms. The van der Waals surface area contributed by atoms with E-state index in [1.807, 2.05) is 28.0 Å². The Balaban J connectivity index is 1.54. The summed E-state index contributed by atoms with van der Waals surface area (Å²) in [6, 6.07) is 12.7. The highest BCUT2D eigenvalue weighted by Gasteiger charge is 2.50. The third-order valence-electron chi connectivity index (χ3n) is 7.01. The van der Waals surface area contributed by atoms with Crippen molar-refractivity contribution < 1.29 is 22.7 Å². The number of hydrogen-bond acceptors (Lipinski definition) is 4. The third-order valence-corrected chi connectivity index (χ3v) is 7.38. The van der Waals surface area contributed by atoms with E-state index in [0.717, 1.165) is 11.6 Å². The SMILES string of the molecule is COC[C@@]12CCN(C(=O)Cc3ccccc3Cl)C[C@@H]1CN(c1ccc(C#N)c(C(F)(F)F)c1)C2. The number of nitriles is 1. The molecule has 2 aromatic rings. The summed E-state index contributed by atoms with van der Waals surface area (Å²) in [5.41, 5.74) is -0.392. The number of benzene rings is 2. The van der Waals surface area contributed by atoms with Gasteiger partial charge in [-0.25, -0.2) is 0 Å². The highest BCUT2D eigenvalue weighted by atomic mass is 35.5. The average molecular weight is 492 g/mol. The summed E-state index contributed by atoms with van der Waals surface area (Å²) in [6.45, 7) is 2.55. The van der Waals surface area contributed by atoms with Crippen LogP contribution in [0.25, 0.3) is 0 Å². The minimum atomic E-state index is -4.61. The van der Waals surface area contributed by atoms with Crippen LogP contribution in [0, 0.1) is 22.7 Å². The van der Waals surface area contributed by atoms with Gasteiger partial charge in [0.25, 0.3) is 0 Å². The smallest absolute Gasteiger partial charge is 0.384 e. The molecule has 180 valence electrons. The molecule has 2 aliphatic heterocycles. The molecule has 0 aliphatic carbocycles.